The lowest BCUT2D eigenvalue weighted by atomic mass is 10.1. The third kappa shape index (κ3) is 5.81. The average molecular weight is 375 g/mol. The fraction of sp³-hybridized carbons (Fsp3) is 0.350. The number of thiocarbonyl (C=S) groups is 1. The molecule has 0 amide bonds. The summed E-state index contributed by atoms with van der Waals surface area (Å²) in [7, 11) is 3.32. The van der Waals surface area contributed by atoms with Gasteiger partial charge in [0.1, 0.15) is 5.75 Å². The second kappa shape index (κ2) is 10.5. The van der Waals surface area contributed by atoms with E-state index in [1.165, 1.54) is 0 Å². The van der Waals surface area contributed by atoms with E-state index in [1.54, 1.807) is 14.2 Å². The van der Waals surface area contributed by atoms with Crippen molar-refractivity contribution in [2.75, 3.05) is 27.4 Å². The molecule has 0 spiro atoms. The molecule has 0 atom stereocenters. The molecule has 0 heterocycles. The van der Waals surface area contributed by atoms with Crippen LogP contribution in [0.4, 0.5) is 0 Å². The monoisotopic (exact) mass is 374 g/mol. The minimum atomic E-state index is 0.614. The van der Waals surface area contributed by atoms with Crippen molar-refractivity contribution in [3.63, 3.8) is 0 Å². The molecule has 2 N–H and O–H groups in total. The van der Waals surface area contributed by atoms with E-state index in [9.17, 15) is 0 Å². The Morgan fingerprint density at radius 1 is 0.962 bits per heavy atom. The van der Waals surface area contributed by atoms with Crippen LogP contribution < -0.4 is 24.8 Å². The zero-order valence-corrected chi connectivity index (χ0v) is 16.3. The summed E-state index contributed by atoms with van der Waals surface area (Å²) in [6, 6.07) is 13.9. The summed E-state index contributed by atoms with van der Waals surface area (Å²) in [5, 5.41) is 7.05. The molecular weight excluding hydrogens is 348 g/mol. The molecule has 2 aromatic rings. The first-order valence-electron chi connectivity index (χ1n) is 8.61. The van der Waals surface area contributed by atoms with Gasteiger partial charge in [-0.1, -0.05) is 24.3 Å². The SMILES string of the molecule is CCOc1ccc(CCNC(=S)NCc2ccccc2OC)cc1OC. The van der Waals surface area contributed by atoms with Crippen molar-refractivity contribution in [3.05, 3.63) is 53.6 Å². The van der Waals surface area contributed by atoms with Gasteiger partial charge in [-0.2, -0.15) is 0 Å². The Morgan fingerprint density at radius 2 is 1.73 bits per heavy atom. The summed E-state index contributed by atoms with van der Waals surface area (Å²) in [4.78, 5) is 0. The van der Waals surface area contributed by atoms with Gasteiger partial charge in [0.2, 0.25) is 0 Å². The number of hydrogen-bond acceptors (Lipinski definition) is 4. The summed E-state index contributed by atoms with van der Waals surface area (Å²) in [5.41, 5.74) is 2.22. The Kier molecular flexibility index (Phi) is 8.02. The lowest BCUT2D eigenvalue weighted by Gasteiger charge is -2.13. The molecule has 0 aromatic heterocycles. The van der Waals surface area contributed by atoms with Crippen LogP contribution in [0.25, 0.3) is 0 Å². The first kappa shape index (κ1) is 19.8. The predicted molar refractivity (Wildman–Crippen MR) is 108 cm³/mol. The standard InChI is InChI=1S/C20H26N2O3S/c1-4-25-18-10-9-15(13-19(18)24-3)11-12-21-20(26)22-14-16-7-5-6-8-17(16)23-2/h5-10,13H,4,11-12,14H2,1-3H3,(H2,21,22,26). The summed E-state index contributed by atoms with van der Waals surface area (Å²) in [5.74, 6) is 2.37. The van der Waals surface area contributed by atoms with E-state index in [0.29, 0.717) is 18.3 Å². The highest BCUT2D eigenvalue weighted by atomic mass is 32.1. The Hall–Kier alpha value is -2.47. The molecule has 2 rings (SSSR count). The lowest BCUT2D eigenvalue weighted by Crippen LogP contribution is -2.36. The van der Waals surface area contributed by atoms with Gasteiger partial charge in [-0.15, -0.1) is 0 Å². The van der Waals surface area contributed by atoms with E-state index in [0.717, 1.165) is 41.3 Å². The molecule has 0 aliphatic rings. The Morgan fingerprint density at radius 3 is 2.46 bits per heavy atom. The summed E-state index contributed by atoms with van der Waals surface area (Å²) in [6.45, 7) is 3.92. The number of nitrogens with one attached hydrogen (secondary N) is 2. The van der Waals surface area contributed by atoms with E-state index in [-0.39, 0.29) is 0 Å². The van der Waals surface area contributed by atoms with Crippen LogP contribution in [-0.2, 0) is 13.0 Å². The lowest BCUT2D eigenvalue weighted by molar-refractivity contribution is 0.310. The molecule has 2 aromatic carbocycles. The minimum absolute atomic E-state index is 0.614. The van der Waals surface area contributed by atoms with Gasteiger partial charge in [-0.25, -0.2) is 0 Å². The molecule has 0 aliphatic carbocycles. The molecular formula is C20H26N2O3S. The van der Waals surface area contributed by atoms with Gasteiger partial charge >= 0.3 is 0 Å². The molecule has 140 valence electrons. The largest absolute Gasteiger partial charge is 0.496 e. The molecule has 0 unspecified atom stereocenters. The Labute approximate surface area is 160 Å². The fourth-order valence-electron chi connectivity index (χ4n) is 2.55. The molecule has 0 aliphatic heterocycles. The first-order chi connectivity index (χ1) is 12.7. The third-order valence-electron chi connectivity index (χ3n) is 3.86. The van der Waals surface area contributed by atoms with Crippen LogP contribution in [0, 0.1) is 0 Å². The maximum absolute atomic E-state index is 5.54. The van der Waals surface area contributed by atoms with E-state index in [4.69, 9.17) is 26.4 Å². The highest BCUT2D eigenvalue weighted by Gasteiger charge is 2.06. The summed E-state index contributed by atoms with van der Waals surface area (Å²) in [6.07, 6.45) is 0.833. The zero-order chi connectivity index (χ0) is 18.8. The first-order valence-corrected chi connectivity index (χ1v) is 9.02. The van der Waals surface area contributed by atoms with Gasteiger partial charge in [0.15, 0.2) is 16.6 Å². The van der Waals surface area contributed by atoms with Crippen molar-refractivity contribution in [1.82, 2.24) is 10.6 Å². The number of rotatable bonds is 9. The maximum Gasteiger partial charge on any atom is 0.166 e. The van der Waals surface area contributed by atoms with Crippen molar-refractivity contribution >= 4 is 17.3 Å². The third-order valence-corrected chi connectivity index (χ3v) is 4.15. The minimum Gasteiger partial charge on any atom is -0.496 e. The highest BCUT2D eigenvalue weighted by molar-refractivity contribution is 7.80. The highest BCUT2D eigenvalue weighted by Crippen LogP contribution is 2.28. The molecule has 6 heteroatoms. The van der Waals surface area contributed by atoms with E-state index in [1.807, 2.05) is 49.4 Å². The van der Waals surface area contributed by atoms with Crippen LogP contribution in [-0.4, -0.2) is 32.5 Å². The maximum atomic E-state index is 5.54. The fourth-order valence-corrected chi connectivity index (χ4v) is 2.72. The molecule has 5 nitrogen and oxygen atoms in total. The van der Waals surface area contributed by atoms with Crippen LogP contribution in [0.5, 0.6) is 17.2 Å². The topological polar surface area (TPSA) is 51.8 Å². The van der Waals surface area contributed by atoms with Gasteiger partial charge in [0.25, 0.3) is 0 Å². The molecule has 26 heavy (non-hydrogen) atoms. The van der Waals surface area contributed by atoms with Gasteiger partial charge in [-0.3, -0.25) is 0 Å². The molecule has 0 radical (unpaired) electrons. The zero-order valence-electron chi connectivity index (χ0n) is 15.5. The number of methoxy groups -OCH3 is 2. The van der Waals surface area contributed by atoms with Crippen molar-refractivity contribution < 1.29 is 14.2 Å². The van der Waals surface area contributed by atoms with Crippen LogP contribution >= 0.6 is 12.2 Å². The molecule has 0 bridgehead atoms. The van der Waals surface area contributed by atoms with Crippen molar-refractivity contribution in [1.29, 1.82) is 0 Å². The van der Waals surface area contributed by atoms with E-state index < -0.39 is 0 Å². The van der Waals surface area contributed by atoms with Crippen LogP contribution in [0.2, 0.25) is 0 Å². The van der Waals surface area contributed by atoms with E-state index in [2.05, 4.69) is 10.6 Å². The Bertz CT molecular complexity index is 722. The molecule has 0 saturated heterocycles. The van der Waals surface area contributed by atoms with Gasteiger partial charge in [0, 0.05) is 18.7 Å². The second-order valence-electron chi connectivity index (χ2n) is 5.59. The van der Waals surface area contributed by atoms with Crippen LogP contribution in [0.1, 0.15) is 18.1 Å². The summed E-state index contributed by atoms with van der Waals surface area (Å²) >= 11 is 5.34. The van der Waals surface area contributed by atoms with Crippen LogP contribution in [0.15, 0.2) is 42.5 Å². The molecule has 0 fully saturated rings. The number of benzene rings is 2. The molecule has 0 saturated carbocycles. The van der Waals surface area contributed by atoms with Gasteiger partial charge < -0.3 is 24.8 Å². The second-order valence-corrected chi connectivity index (χ2v) is 6.00. The summed E-state index contributed by atoms with van der Waals surface area (Å²) < 4.78 is 16.3. The van der Waals surface area contributed by atoms with Gasteiger partial charge in [-0.05, 0) is 49.3 Å². The van der Waals surface area contributed by atoms with E-state index >= 15 is 0 Å². The number of hydrogen-bond donors (Lipinski definition) is 2. The van der Waals surface area contributed by atoms with Crippen LogP contribution in [0.3, 0.4) is 0 Å². The predicted octanol–water partition coefficient (Wildman–Crippen LogP) is 3.31. The smallest absolute Gasteiger partial charge is 0.166 e. The number of para-hydroxylation sites is 1. The van der Waals surface area contributed by atoms with Crippen molar-refractivity contribution in [3.8, 4) is 17.2 Å². The van der Waals surface area contributed by atoms with Crippen molar-refractivity contribution in [2.45, 2.75) is 19.9 Å². The quantitative estimate of drug-likeness (QED) is 0.657. The Balaban J connectivity index is 1.79. The van der Waals surface area contributed by atoms with Gasteiger partial charge in [0.05, 0.1) is 20.8 Å². The normalized spacial score (nSPS) is 10.1. The average Bonchev–Trinajstić information content (AvgIpc) is 2.67. The number of ether oxygens (including phenoxy) is 3. The van der Waals surface area contributed by atoms with Crippen molar-refractivity contribution in [2.24, 2.45) is 0 Å².